The molecular formula is C14H19N7. The molecule has 0 saturated carbocycles. The van der Waals surface area contributed by atoms with Gasteiger partial charge in [-0.05, 0) is 26.3 Å². The second-order valence-electron chi connectivity index (χ2n) is 5.36. The molecule has 1 N–H and O–H groups in total. The predicted octanol–water partition coefficient (Wildman–Crippen LogP) is 1.85. The van der Waals surface area contributed by atoms with Crippen molar-refractivity contribution in [3.63, 3.8) is 0 Å². The van der Waals surface area contributed by atoms with Crippen LogP contribution in [0.1, 0.15) is 24.2 Å². The van der Waals surface area contributed by atoms with E-state index in [0.29, 0.717) is 0 Å². The van der Waals surface area contributed by atoms with Crippen molar-refractivity contribution >= 4 is 16.9 Å². The maximum absolute atomic E-state index is 4.40. The fraction of sp³-hybridized carbons (Fsp3) is 0.429. The van der Waals surface area contributed by atoms with E-state index >= 15 is 0 Å². The summed E-state index contributed by atoms with van der Waals surface area (Å²) in [5, 5.41) is 13.1. The van der Waals surface area contributed by atoms with Crippen molar-refractivity contribution in [1.82, 2.24) is 29.5 Å². The number of nitrogens with one attached hydrogen (secondary N) is 1. The number of hydrogen-bond donors (Lipinski definition) is 1. The first-order chi connectivity index (χ1) is 10.1. The quantitative estimate of drug-likeness (QED) is 0.792. The summed E-state index contributed by atoms with van der Waals surface area (Å²) >= 11 is 0. The number of aryl methyl sites for hydroxylation is 3. The van der Waals surface area contributed by atoms with E-state index in [1.807, 2.05) is 38.0 Å². The topological polar surface area (TPSA) is 73.5 Å². The van der Waals surface area contributed by atoms with E-state index in [1.54, 1.807) is 11.0 Å². The van der Waals surface area contributed by atoms with Crippen LogP contribution in [0.2, 0.25) is 0 Å². The minimum Gasteiger partial charge on any atom is -0.367 e. The molecule has 21 heavy (non-hydrogen) atoms. The van der Waals surface area contributed by atoms with Crippen LogP contribution in [0.25, 0.3) is 11.0 Å². The zero-order chi connectivity index (χ0) is 15.0. The molecule has 0 aliphatic rings. The van der Waals surface area contributed by atoms with E-state index < -0.39 is 0 Å². The van der Waals surface area contributed by atoms with Crippen molar-refractivity contribution in [2.45, 2.75) is 26.8 Å². The standard InChI is InChI=1S/C14H19N7/c1-9-5-18-21(7-9)10(2)6-15-13-12-11(3)19-20(4)14(12)17-8-16-13/h5,7-8,10H,6H2,1-4H3,(H,15,16,17). The van der Waals surface area contributed by atoms with Crippen molar-refractivity contribution in [3.8, 4) is 0 Å². The Morgan fingerprint density at radius 1 is 1.29 bits per heavy atom. The van der Waals surface area contributed by atoms with Crippen molar-refractivity contribution in [2.75, 3.05) is 11.9 Å². The Balaban J connectivity index is 1.82. The fourth-order valence-corrected chi connectivity index (χ4v) is 2.42. The average Bonchev–Trinajstić information content (AvgIpc) is 3.01. The third kappa shape index (κ3) is 2.46. The number of aromatic nitrogens is 6. The molecule has 0 amide bonds. The number of hydrogen-bond acceptors (Lipinski definition) is 5. The highest BCUT2D eigenvalue weighted by atomic mass is 15.3. The van der Waals surface area contributed by atoms with Crippen LogP contribution in [0.4, 0.5) is 5.82 Å². The van der Waals surface area contributed by atoms with Gasteiger partial charge in [-0.15, -0.1) is 0 Å². The molecule has 0 fully saturated rings. The highest BCUT2D eigenvalue weighted by Crippen LogP contribution is 2.22. The molecule has 0 saturated heterocycles. The summed E-state index contributed by atoms with van der Waals surface area (Å²) in [5.74, 6) is 0.821. The largest absolute Gasteiger partial charge is 0.367 e. The van der Waals surface area contributed by atoms with Crippen LogP contribution >= 0.6 is 0 Å². The number of anilines is 1. The number of rotatable bonds is 4. The molecule has 7 nitrogen and oxygen atoms in total. The Hall–Kier alpha value is -2.44. The second kappa shape index (κ2) is 5.16. The molecule has 0 bridgehead atoms. The third-order valence-electron chi connectivity index (χ3n) is 3.54. The molecule has 110 valence electrons. The van der Waals surface area contributed by atoms with Crippen LogP contribution in [0.5, 0.6) is 0 Å². The zero-order valence-electron chi connectivity index (χ0n) is 12.7. The van der Waals surface area contributed by atoms with E-state index in [9.17, 15) is 0 Å². The van der Waals surface area contributed by atoms with Gasteiger partial charge in [-0.1, -0.05) is 0 Å². The Morgan fingerprint density at radius 2 is 2.10 bits per heavy atom. The maximum Gasteiger partial charge on any atom is 0.163 e. The summed E-state index contributed by atoms with van der Waals surface area (Å²) in [5.41, 5.74) is 2.93. The molecule has 3 heterocycles. The first-order valence-electron chi connectivity index (χ1n) is 6.95. The van der Waals surface area contributed by atoms with Crippen LogP contribution < -0.4 is 5.32 Å². The monoisotopic (exact) mass is 285 g/mol. The van der Waals surface area contributed by atoms with Gasteiger partial charge >= 0.3 is 0 Å². The third-order valence-corrected chi connectivity index (χ3v) is 3.54. The van der Waals surface area contributed by atoms with Crippen molar-refractivity contribution < 1.29 is 0 Å². The van der Waals surface area contributed by atoms with Gasteiger partial charge in [-0.2, -0.15) is 10.2 Å². The molecule has 1 unspecified atom stereocenters. The Kier molecular flexibility index (Phi) is 3.32. The SMILES string of the molecule is Cc1cnn(C(C)CNc2ncnc3c2c(C)nn3C)c1. The Bertz CT molecular complexity index is 771. The molecule has 3 rings (SSSR count). The van der Waals surface area contributed by atoms with Gasteiger partial charge in [-0.25, -0.2) is 9.97 Å². The van der Waals surface area contributed by atoms with E-state index in [4.69, 9.17) is 0 Å². The summed E-state index contributed by atoms with van der Waals surface area (Å²) in [6.45, 7) is 6.86. The molecule has 0 aliphatic heterocycles. The van der Waals surface area contributed by atoms with E-state index in [1.165, 1.54) is 0 Å². The van der Waals surface area contributed by atoms with Crippen molar-refractivity contribution in [2.24, 2.45) is 7.05 Å². The van der Waals surface area contributed by atoms with Crippen molar-refractivity contribution in [3.05, 3.63) is 30.0 Å². The lowest BCUT2D eigenvalue weighted by Crippen LogP contribution is -2.17. The lowest BCUT2D eigenvalue weighted by Gasteiger charge is -2.14. The van der Waals surface area contributed by atoms with Crippen LogP contribution in [0, 0.1) is 13.8 Å². The summed E-state index contributed by atoms with van der Waals surface area (Å²) in [7, 11) is 1.89. The van der Waals surface area contributed by atoms with E-state index in [2.05, 4.69) is 32.4 Å². The van der Waals surface area contributed by atoms with Gasteiger partial charge < -0.3 is 5.32 Å². The van der Waals surface area contributed by atoms with Crippen molar-refractivity contribution in [1.29, 1.82) is 0 Å². The molecule has 0 radical (unpaired) electrons. The molecule has 3 aromatic heterocycles. The first kappa shape index (κ1) is 13.5. The second-order valence-corrected chi connectivity index (χ2v) is 5.36. The minimum atomic E-state index is 0.237. The van der Waals surface area contributed by atoms with Crippen LogP contribution in [0.15, 0.2) is 18.7 Å². The smallest absolute Gasteiger partial charge is 0.163 e. The van der Waals surface area contributed by atoms with Crippen LogP contribution in [-0.4, -0.2) is 36.1 Å². The molecule has 0 spiro atoms. The van der Waals surface area contributed by atoms with Gasteiger partial charge in [0.1, 0.15) is 12.1 Å². The summed E-state index contributed by atoms with van der Waals surface area (Å²) in [6, 6.07) is 0.237. The Labute approximate surface area is 123 Å². The lowest BCUT2D eigenvalue weighted by molar-refractivity contribution is 0.512. The highest BCUT2D eigenvalue weighted by molar-refractivity contribution is 5.89. The number of nitrogens with zero attached hydrogens (tertiary/aromatic N) is 6. The van der Waals surface area contributed by atoms with Crippen LogP contribution in [-0.2, 0) is 7.05 Å². The summed E-state index contributed by atoms with van der Waals surface area (Å²) < 4.78 is 3.73. The highest BCUT2D eigenvalue weighted by Gasteiger charge is 2.13. The number of fused-ring (bicyclic) bond motifs is 1. The van der Waals surface area contributed by atoms with E-state index in [-0.39, 0.29) is 6.04 Å². The zero-order valence-corrected chi connectivity index (χ0v) is 12.7. The summed E-state index contributed by atoms with van der Waals surface area (Å²) in [6.07, 6.45) is 5.47. The molecule has 0 aliphatic carbocycles. The normalized spacial score (nSPS) is 12.8. The lowest BCUT2D eigenvalue weighted by atomic mass is 10.3. The van der Waals surface area contributed by atoms with Gasteiger partial charge in [0.25, 0.3) is 0 Å². The minimum absolute atomic E-state index is 0.237. The summed E-state index contributed by atoms with van der Waals surface area (Å²) in [4.78, 5) is 8.63. The maximum atomic E-state index is 4.40. The fourth-order valence-electron chi connectivity index (χ4n) is 2.42. The van der Waals surface area contributed by atoms with E-state index in [0.717, 1.165) is 34.7 Å². The molecule has 7 heteroatoms. The Morgan fingerprint density at radius 3 is 2.81 bits per heavy atom. The van der Waals surface area contributed by atoms with Gasteiger partial charge in [0.2, 0.25) is 0 Å². The molecule has 0 aromatic carbocycles. The van der Waals surface area contributed by atoms with Gasteiger partial charge in [0.15, 0.2) is 5.65 Å². The van der Waals surface area contributed by atoms with Gasteiger partial charge in [-0.3, -0.25) is 9.36 Å². The van der Waals surface area contributed by atoms with Gasteiger partial charge in [0.05, 0.1) is 23.3 Å². The van der Waals surface area contributed by atoms with Gasteiger partial charge in [0, 0.05) is 19.8 Å². The first-order valence-corrected chi connectivity index (χ1v) is 6.95. The molecule has 3 aromatic rings. The van der Waals surface area contributed by atoms with Crippen LogP contribution in [0.3, 0.4) is 0 Å². The molecular weight excluding hydrogens is 266 g/mol. The molecule has 1 atom stereocenters. The average molecular weight is 285 g/mol. The predicted molar refractivity (Wildman–Crippen MR) is 81.2 cm³/mol.